The summed E-state index contributed by atoms with van der Waals surface area (Å²) in [6, 6.07) is 12.7. The van der Waals surface area contributed by atoms with Crippen molar-refractivity contribution in [1.82, 2.24) is 9.88 Å². The fourth-order valence-electron chi connectivity index (χ4n) is 3.99. The number of fused-ring (bicyclic) bond motifs is 1. The number of carbonyl (C=O) groups is 2. The first kappa shape index (κ1) is 21.1. The molecule has 1 saturated heterocycles. The van der Waals surface area contributed by atoms with Crippen LogP contribution in [-0.4, -0.2) is 47.9 Å². The van der Waals surface area contributed by atoms with Gasteiger partial charge in [0.15, 0.2) is 17.3 Å². The number of hydrogen-bond donors (Lipinski definition) is 0. The van der Waals surface area contributed by atoms with Crippen molar-refractivity contribution in [2.75, 3.05) is 26.3 Å². The van der Waals surface area contributed by atoms with E-state index in [9.17, 15) is 18.4 Å². The quantitative estimate of drug-likeness (QED) is 0.593. The number of aromatic nitrogens is 1. The van der Waals surface area contributed by atoms with Crippen LogP contribution in [-0.2, 0) is 11.2 Å². The number of pyridine rings is 1. The Bertz CT molecular complexity index is 1230. The van der Waals surface area contributed by atoms with Crippen LogP contribution in [0.15, 0.2) is 54.7 Å². The molecular formula is C25H20F2N2O4. The number of halogens is 2. The van der Waals surface area contributed by atoms with Gasteiger partial charge in [0, 0.05) is 48.8 Å². The third kappa shape index (κ3) is 4.28. The van der Waals surface area contributed by atoms with Crippen molar-refractivity contribution >= 4 is 11.7 Å². The molecule has 5 rings (SSSR count). The number of likely N-dealkylation sites (tertiary alicyclic amines) is 1. The second kappa shape index (κ2) is 8.61. The molecule has 33 heavy (non-hydrogen) atoms. The lowest BCUT2D eigenvalue weighted by molar-refractivity contribution is -0.121. The minimum atomic E-state index is -0.678. The van der Waals surface area contributed by atoms with E-state index in [4.69, 9.17) is 9.47 Å². The third-order valence-electron chi connectivity index (χ3n) is 5.77. The van der Waals surface area contributed by atoms with Gasteiger partial charge in [-0.3, -0.25) is 14.6 Å². The maximum atomic E-state index is 14.5. The fraction of sp³-hybridized carbons (Fsp3) is 0.240. The standard InChI is InChI=1S/C25H20F2N2O4/c26-20-10-24-17(7-18(30)14-33-24)8-19(20)25(31)29-11-15(12-29)13-32-23-5-4-16(9-21(23)27)22-3-1-2-6-28-22/h1-6,8-10,15H,7,11-14H2. The first-order valence-corrected chi connectivity index (χ1v) is 10.6. The number of Topliss-reactive ketones (excluding diaryl/α,β-unsaturated/α-hetero) is 1. The molecular weight excluding hydrogens is 430 g/mol. The van der Waals surface area contributed by atoms with Crippen LogP contribution in [0.2, 0.25) is 0 Å². The summed E-state index contributed by atoms with van der Waals surface area (Å²) >= 11 is 0. The number of amides is 1. The largest absolute Gasteiger partial charge is 0.490 e. The monoisotopic (exact) mass is 450 g/mol. The average molecular weight is 450 g/mol. The van der Waals surface area contributed by atoms with Crippen LogP contribution in [0, 0.1) is 17.6 Å². The van der Waals surface area contributed by atoms with Crippen molar-refractivity contribution in [1.29, 1.82) is 0 Å². The summed E-state index contributed by atoms with van der Waals surface area (Å²) in [5.74, 6) is -1.29. The SMILES string of the molecule is O=C1COc2cc(F)c(C(=O)N3CC(COc4ccc(-c5ccccn5)cc4F)C3)cc2C1. The van der Waals surface area contributed by atoms with E-state index in [0.717, 1.165) is 6.07 Å². The molecule has 0 aliphatic carbocycles. The number of ketones is 1. The van der Waals surface area contributed by atoms with E-state index in [1.807, 2.05) is 6.07 Å². The predicted octanol–water partition coefficient (Wildman–Crippen LogP) is 3.68. The second-order valence-corrected chi connectivity index (χ2v) is 8.19. The van der Waals surface area contributed by atoms with Crippen molar-refractivity contribution < 1.29 is 27.8 Å². The summed E-state index contributed by atoms with van der Waals surface area (Å²) in [5, 5.41) is 0. The molecule has 1 aromatic heterocycles. The van der Waals surface area contributed by atoms with Gasteiger partial charge in [-0.2, -0.15) is 0 Å². The molecule has 168 valence electrons. The highest BCUT2D eigenvalue weighted by Crippen LogP contribution is 2.30. The number of nitrogens with zero attached hydrogens (tertiary/aromatic N) is 2. The van der Waals surface area contributed by atoms with Gasteiger partial charge in [-0.05, 0) is 36.4 Å². The molecule has 0 spiro atoms. The molecule has 0 unspecified atom stereocenters. The molecule has 0 bridgehead atoms. The predicted molar refractivity (Wildman–Crippen MR) is 115 cm³/mol. The summed E-state index contributed by atoms with van der Waals surface area (Å²) in [6.45, 7) is 0.898. The Kier molecular flexibility index (Phi) is 5.50. The molecule has 0 saturated carbocycles. The topological polar surface area (TPSA) is 68.7 Å². The van der Waals surface area contributed by atoms with Crippen LogP contribution >= 0.6 is 0 Å². The highest BCUT2D eigenvalue weighted by molar-refractivity contribution is 5.96. The highest BCUT2D eigenvalue weighted by atomic mass is 19.1. The molecule has 0 radical (unpaired) electrons. The second-order valence-electron chi connectivity index (χ2n) is 8.19. The zero-order valence-electron chi connectivity index (χ0n) is 17.6. The molecule has 8 heteroatoms. The number of benzene rings is 2. The lowest BCUT2D eigenvalue weighted by atomic mass is 9.97. The molecule has 1 fully saturated rings. The normalized spacial score (nSPS) is 15.5. The van der Waals surface area contributed by atoms with E-state index in [1.54, 1.807) is 30.5 Å². The Balaban J connectivity index is 1.18. The third-order valence-corrected chi connectivity index (χ3v) is 5.77. The smallest absolute Gasteiger partial charge is 0.256 e. The summed E-state index contributed by atoms with van der Waals surface area (Å²) in [7, 11) is 0. The zero-order chi connectivity index (χ0) is 22.9. The van der Waals surface area contributed by atoms with E-state index >= 15 is 0 Å². The fourth-order valence-corrected chi connectivity index (χ4v) is 3.99. The first-order valence-electron chi connectivity index (χ1n) is 10.6. The van der Waals surface area contributed by atoms with E-state index in [2.05, 4.69) is 4.98 Å². The van der Waals surface area contributed by atoms with Crippen LogP contribution in [0.3, 0.4) is 0 Å². The van der Waals surface area contributed by atoms with E-state index in [0.29, 0.717) is 35.7 Å². The van der Waals surface area contributed by atoms with Crippen molar-refractivity contribution in [2.24, 2.45) is 5.92 Å². The zero-order valence-corrected chi connectivity index (χ0v) is 17.6. The number of ether oxygens (including phenoxy) is 2. The summed E-state index contributed by atoms with van der Waals surface area (Å²) in [6.07, 6.45) is 1.77. The van der Waals surface area contributed by atoms with Crippen LogP contribution < -0.4 is 9.47 Å². The van der Waals surface area contributed by atoms with Gasteiger partial charge in [0.25, 0.3) is 5.91 Å². The maximum absolute atomic E-state index is 14.5. The van der Waals surface area contributed by atoms with E-state index in [-0.39, 0.29) is 42.6 Å². The van der Waals surface area contributed by atoms with Crippen molar-refractivity contribution in [2.45, 2.75) is 6.42 Å². The summed E-state index contributed by atoms with van der Waals surface area (Å²) < 4.78 is 39.7. The molecule has 3 heterocycles. The average Bonchev–Trinajstić information content (AvgIpc) is 2.79. The van der Waals surface area contributed by atoms with Gasteiger partial charge in [0.05, 0.1) is 17.9 Å². The van der Waals surface area contributed by atoms with Crippen LogP contribution in [0.5, 0.6) is 11.5 Å². The van der Waals surface area contributed by atoms with Gasteiger partial charge in [-0.25, -0.2) is 8.78 Å². The lowest BCUT2D eigenvalue weighted by Gasteiger charge is -2.39. The number of rotatable bonds is 5. The molecule has 3 aromatic rings. The number of carbonyl (C=O) groups excluding carboxylic acids is 2. The molecule has 2 aromatic carbocycles. The Labute approximate surface area is 188 Å². The van der Waals surface area contributed by atoms with Crippen molar-refractivity contribution in [3.05, 3.63) is 77.5 Å². The van der Waals surface area contributed by atoms with Crippen LogP contribution in [0.4, 0.5) is 8.78 Å². The summed E-state index contributed by atoms with van der Waals surface area (Å²) in [5.41, 5.74) is 1.75. The van der Waals surface area contributed by atoms with Gasteiger partial charge in [0.1, 0.15) is 18.2 Å². The Morgan fingerprint density at radius 3 is 2.73 bits per heavy atom. The van der Waals surface area contributed by atoms with E-state index < -0.39 is 17.5 Å². The minimum absolute atomic E-state index is 0.00872. The van der Waals surface area contributed by atoms with Gasteiger partial charge in [-0.1, -0.05) is 6.07 Å². The number of hydrogen-bond acceptors (Lipinski definition) is 5. The lowest BCUT2D eigenvalue weighted by Crippen LogP contribution is -2.52. The Morgan fingerprint density at radius 1 is 1.12 bits per heavy atom. The van der Waals surface area contributed by atoms with Gasteiger partial charge >= 0.3 is 0 Å². The molecule has 2 aliphatic heterocycles. The van der Waals surface area contributed by atoms with Crippen molar-refractivity contribution in [3.8, 4) is 22.8 Å². The molecule has 0 N–H and O–H groups in total. The molecule has 1 amide bonds. The van der Waals surface area contributed by atoms with Crippen LogP contribution in [0.1, 0.15) is 15.9 Å². The highest BCUT2D eigenvalue weighted by Gasteiger charge is 2.34. The van der Waals surface area contributed by atoms with Gasteiger partial charge < -0.3 is 14.4 Å². The molecule has 0 atom stereocenters. The Hall–Kier alpha value is -3.81. The first-order chi connectivity index (χ1) is 16.0. The van der Waals surface area contributed by atoms with E-state index in [1.165, 1.54) is 17.0 Å². The minimum Gasteiger partial charge on any atom is -0.490 e. The van der Waals surface area contributed by atoms with Gasteiger partial charge in [-0.15, -0.1) is 0 Å². The molecule has 2 aliphatic rings. The molecule has 6 nitrogen and oxygen atoms in total. The van der Waals surface area contributed by atoms with Crippen molar-refractivity contribution in [3.63, 3.8) is 0 Å². The summed E-state index contributed by atoms with van der Waals surface area (Å²) in [4.78, 5) is 30.0. The Morgan fingerprint density at radius 2 is 1.97 bits per heavy atom. The maximum Gasteiger partial charge on any atom is 0.256 e. The van der Waals surface area contributed by atoms with Crippen LogP contribution in [0.25, 0.3) is 11.3 Å². The van der Waals surface area contributed by atoms with Gasteiger partial charge in [0.2, 0.25) is 0 Å².